The predicted octanol–water partition coefficient (Wildman–Crippen LogP) is 3.42. The Morgan fingerprint density at radius 2 is 1.60 bits per heavy atom. The van der Waals surface area contributed by atoms with Crippen molar-refractivity contribution in [3.63, 3.8) is 0 Å². The molecule has 3 aromatic rings. The summed E-state index contributed by atoms with van der Waals surface area (Å²) in [5.41, 5.74) is 3.79. The second-order valence-electron chi connectivity index (χ2n) is 5.99. The SMILES string of the molecule is Cc1nnc(-c2ccc(Nc3ccc(CC(=O)N(C)C)cc3)cc2)o1. The Bertz CT molecular complexity index is 852. The van der Waals surface area contributed by atoms with Gasteiger partial charge < -0.3 is 14.6 Å². The third kappa shape index (κ3) is 4.23. The van der Waals surface area contributed by atoms with Crippen LogP contribution in [0.5, 0.6) is 0 Å². The lowest BCUT2D eigenvalue weighted by molar-refractivity contribution is -0.127. The van der Waals surface area contributed by atoms with Crippen LogP contribution in [0.4, 0.5) is 11.4 Å². The van der Waals surface area contributed by atoms with E-state index in [4.69, 9.17) is 4.42 Å². The number of aromatic nitrogens is 2. The van der Waals surface area contributed by atoms with Crippen LogP contribution in [0.1, 0.15) is 11.5 Å². The highest BCUT2D eigenvalue weighted by Crippen LogP contribution is 2.22. The summed E-state index contributed by atoms with van der Waals surface area (Å²) in [7, 11) is 3.52. The number of likely N-dealkylation sites (N-methyl/N-ethyl adjacent to an activating group) is 1. The average molecular weight is 336 g/mol. The number of rotatable bonds is 5. The van der Waals surface area contributed by atoms with Crippen LogP contribution < -0.4 is 5.32 Å². The molecule has 1 N–H and O–H groups in total. The molecule has 3 rings (SSSR count). The van der Waals surface area contributed by atoms with Crippen molar-refractivity contribution in [2.24, 2.45) is 0 Å². The Hall–Kier alpha value is -3.15. The summed E-state index contributed by atoms with van der Waals surface area (Å²) in [5, 5.41) is 11.2. The van der Waals surface area contributed by atoms with Gasteiger partial charge in [0, 0.05) is 38.0 Å². The van der Waals surface area contributed by atoms with Gasteiger partial charge in [-0.25, -0.2) is 0 Å². The lowest BCUT2D eigenvalue weighted by Gasteiger charge is -2.11. The van der Waals surface area contributed by atoms with Crippen molar-refractivity contribution in [2.75, 3.05) is 19.4 Å². The number of amides is 1. The van der Waals surface area contributed by atoms with Gasteiger partial charge in [-0.3, -0.25) is 4.79 Å². The van der Waals surface area contributed by atoms with Gasteiger partial charge in [-0.1, -0.05) is 12.1 Å². The second-order valence-corrected chi connectivity index (χ2v) is 5.99. The van der Waals surface area contributed by atoms with Crippen molar-refractivity contribution in [1.29, 1.82) is 0 Å². The Balaban J connectivity index is 1.65. The van der Waals surface area contributed by atoms with Crippen LogP contribution in [0, 0.1) is 6.92 Å². The lowest BCUT2D eigenvalue weighted by atomic mass is 10.1. The number of anilines is 2. The van der Waals surface area contributed by atoms with Gasteiger partial charge in [0.2, 0.25) is 17.7 Å². The van der Waals surface area contributed by atoms with Crippen LogP contribution >= 0.6 is 0 Å². The number of hydrogen-bond acceptors (Lipinski definition) is 5. The van der Waals surface area contributed by atoms with Crippen LogP contribution in [0.15, 0.2) is 52.9 Å². The summed E-state index contributed by atoms with van der Waals surface area (Å²) in [6.45, 7) is 1.77. The summed E-state index contributed by atoms with van der Waals surface area (Å²) in [6, 6.07) is 15.6. The maximum absolute atomic E-state index is 11.7. The van der Waals surface area contributed by atoms with Crippen LogP contribution in [-0.2, 0) is 11.2 Å². The van der Waals surface area contributed by atoms with Crippen LogP contribution in [-0.4, -0.2) is 35.1 Å². The number of hydrogen-bond donors (Lipinski definition) is 1. The molecule has 1 heterocycles. The van der Waals surface area contributed by atoms with Gasteiger partial charge in [-0.15, -0.1) is 10.2 Å². The summed E-state index contributed by atoms with van der Waals surface area (Å²) in [4.78, 5) is 13.3. The van der Waals surface area contributed by atoms with Crippen molar-refractivity contribution in [3.8, 4) is 11.5 Å². The minimum absolute atomic E-state index is 0.0903. The van der Waals surface area contributed by atoms with Gasteiger partial charge in [0.1, 0.15) is 0 Å². The number of nitrogens with one attached hydrogen (secondary N) is 1. The monoisotopic (exact) mass is 336 g/mol. The molecule has 2 aromatic carbocycles. The number of carbonyl (C=O) groups excluding carboxylic acids is 1. The second kappa shape index (κ2) is 7.17. The van der Waals surface area contributed by atoms with Crippen LogP contribution in [0.3, 0.4) is 0 Å². The Morgan fingerprint density at radius 3 is 2.12 bits per heavy atom. The van der Waals surface area contributed by atoms with E-state index in [9.17, 15) is 4.79 Å². The molecular formula is C19H20N4O2. The molecular weight excluding hydrogens is 316 g/mol. The topological polar surface area (TPSA) is 71.3 Å². The van der Waals surface area contributed by atoms with Gasteiger partial charge in [0.25, 0.3) is 0 Å². The van der Waals surface area contributed by atoms with Gasteiger partial charge in [-0.05, 0) is 42.0 Å². The van der Waals surface area contributed by atoms with Gasteiger partial charge >= 0.3 is 0 Å². The minimum Gasteiger partial charge on any atom is -0.421 e. The first kappa shape index (κ1) is 16.7. The summed E-state index contributed by atoms with van der Waals surface area (Å²) < 4.78 is 5.42. The van der Waals surface area contributed by atoms with E-state index in [-0.39, 0.29) is 5.91 Å². The first-order valence-corrected chi connectivity index (χ1v) is 7.98. The third-order valence-electron chi connectivity index (χ3n) is 3.75. The third-order valence-corrected chi connectivity index (χ3v) is 3.75. The van der Waals surface area contributed by atoms with Crippen molar-refractivity contribution >= 4 is 17.3 Å². The summed E-state index contributed by atoms with van der Waals surface area (Å²) in [6.07, 6.45) is 0.408. The highest BCUT2D eigenvalue weighted by atomic mass is 16.4. The molecule has 25 heavy (non-hydrogen) atoms. The number of benzene rings is 2. The molecule has 0 spiro atoms. The Kier molecular flexibility index (Phi) is 4.79. The van der Waals surface area contributed by atoms with Gasteiger partial charge in [0.15, 0.2) is 0 Å². The van der Waals surface area contributed by atoms with E-state index >= 15 is 0 Å². The molecule has 0 radical (unpaired) electrons. The molecule has 6 heteroatoms. The van der Waals surface area contributed by atoms with Crippen molar-refractivity contribution in [3.05, 3.63) is 60.0 Å². The van der Waals surface area contributed by atoms with Crippen molar-refractivity contribution < 1.29 is 9.21 Å². The normalized spacial score (nSPS) is 10.5. The number of carbonyl (C=O) groups is 1. The minimum atomic E-state index is 0.0903. The van der Waals surface area contributed by atoms with Crippen LogP contribution in [0.25, 0.3) is 11.5 Å². The van der Waals surface area contributed by atoms with E-state index in [2.05, 4.69) is 15.5 Å². The highest BCUT2D eigenvalue weighted by molar-refractivity contribution is 5.78. The zero-order valence-electron chi connectivity index (χ0n) is 14.5. The van der Waals surface area contributed by atoms with E-state index < -0.39 is 0 Å². The molecule has 1 aromatic heterocycles. The largest absolute Gasteiger partial charge is 0.421 e. The van der Waals surface area contributed by atoms with Crippen molar-refractivity contribution in [2.45, 2.75) is 13.3 Å². The molecule has 128 valence electrons. The van der Waals surface area contributed by atoms with Crippen LogP contribution in [0.2, 0.25) is 0 Å². The maximum Gasteiger partial charge on any atom is 0.247 e. The zero-order valence-corrected chi connectivity index (χ0v) is 14.5. The van der Waals surface area contributed by atoms with E-state index in [1.165, 1.54) is 0 Å². The average Bonchev–Trinajstić information content (AvgIpc) is 3.03. The van der Waals surface area contributed by atoms with E-state index in [1.54, 1.807) is 25.9 Å². The first-order chi connectivity index (χ1) is 12.0. The van der Waals surface area contributed by atoms with Gasteiger partial charge in [0.05, 0.1) is 6.42 Å². The summed E-state index contributed by atoms with van der Waals surface area (Å²) >= 11 is 0. The fourth-order valence-electron chi connectivity index (χ4n) is 2.31. The molecule has 1 amide bonds. The van der Waals surface area contributed by atoms with E-state index in [0.717, 1.165) is 22.5 Å². The Morgan fingerprint density at radius 1 is 1.00 bits per heavy atom. The fraction of sp³-hybridized carbons (Fsp3) is 0.211. The van der Waals surface area contributed by atoms with E-state index in [0.29, 0.717) is 18.2 Å². The molecule has 0 aliphatic carbocycles. The smallest absolute Gasteiger partial charge is 0.247 e. The molecule has 0 saturated carbocycles. The molecule has 0 atom stereocenters. The van der Waals surface area contributed by atoms with Crippen molar-refractivity contribution in [1.82, 2.24) is 15.1 Å². The maximum atomic E-state index is 11.7. The summed E-state index contributed by atoms with van der Waals surface area (Å²) in [5.74, 6) is 1.15. The molecule has 0 bridgehead atoms. The molecule has 0 fully saturated rings. The molecule has 0 aliphatic heterocycles. The van der Waals surface area contributed by atoms with Gasteiger partial charge in [-0.2, -0.15) is 0 Å². The standard InChI is InChI=1S/C19H20N4O2/c1-13-21-22-19(25-13)15-6-10-17(11-7-15)20-16-8-4-14(5-9-16)12-18(24)23(2)3/h4-11,20H,12H2,1-3H3. The Labute approximate surface area is 146 Å². The van der Waals surface area contributed by atoms with E-state index in [1.807, 2.05) is 48.5 Å². The molecule has 0 unspecified atom stereocenters. The molecule has 0 saturated heterocycles. The quantitative estimate of drug-likeness (QED) is 0.773. The molecule has 6 nitrogen and oxygen atoms in total. The lowest BCUT2D eigenvalue weighted by Crippen LogP contribution is -2.23. The highest BCUT2D eigenvalue weighted by Gasteiger charge is 2.07. The first-order valence-electron chi connectivity index (χ1n) is 7.98. The zero-order chi connectivity index (χ0) is 17.8. The number of aryl methyl sites for hydroxylation is 1. The number of nitrogens with zero attached hydrogens (tertiary/aromatic N) is 3. The predicted molar refractivity (Wildman–Crippen MR) is 96.6 cm³/mol. The fourth-order valence-corrected chi connectivity index (χ4v) is 2.31. The molecule has 0 aliphatic rings.